The molecule has 2 aliphatic rings. The number of hydrogen-bond acceptors (Lipinski definition) is 5. The van der Waals surface area contributed by atoms with Gasteiger partial charge in [0.25, 0.3) is 5.91 Å². The number of carbonyl (C=O) groups excluding carboxylic acids is 1. The van der Waals surface area contributed by atoms with Crippen LogP contribution in [0.4, 0.5) is 5.69 Å². The third-order valence-corrected chi connectivity index (χ3v) is 6.80. The van der Waals surface area contributed by atoms with Crippen LogP contribution in [0.25, 0.3) is 0 Å². The van der Waals surface area contributed by atoms with Gasteiger partial charge in [-0.2, -0.15) is 4.99 Å². The van der Waals surface area contributed by atoms with Gasteiger partial charge in [0.05, 0.1) is 17.5 Å². The van der Waals surface area contributed by atoms with Crippen LogP contribution in [0.2, 0.25) is 0 Å². The van der Waals surface area contributed by atoms with Crippen molar-refractivity contribution in [3.8, 4) is 0 Å². The molecule has 0 bridgehead atoms. The van der Waals surface area contributed by atoms with E-state index in [0.29, 0.717) is 5.17 Å². The average Bonchev–Trinajstić information content (AvgIpc) is 2.91. The molecule has 2 heterocycles. The smallest absolute Gasteiger partial charge is 0.274 e. The fourth-order valence-corrected chi connectivity index (χ4v) is 6.65. The second-order valence-corrected chi connectivity index (χ2v) is 8.59. The van der Waals surface area contributed by atoms with Gasteiger partial charge in [-0.3, -0.25) is 4.79 Å². The molecule has 0 aliphatic carbocycles. The van der Waals surface area contributed by atoms with Crippen molar-refractivity contribution >= 4 is 38.4 Å². The lowest BCUT2D eigenvalue weighted by Gasteiger charge is -2.24. The molecule has 8 heteroatoms. The van der Waals surface area contributed by atoms with Crippen molar-refractivity contribution in [1.82, 2.24) is 0 Å². The fourth-order valence-electron chi connectivity index (χ4n) is 2.72. The maximum atomic E-state index is 11.9. The number of aliphatic imine (C=N–C) groups is 1. The Morgan fingerprint density at radius 3 is 2.77 bits per heavy atom. The summed E-state index contributed by atoms with van der Waals surface area (Å²) in [5.74, 6) is -0.144. The van der Waals surface area contributed by atoms with E-state index in [2.05, 4.69) is 4.99 Å². The molecule has 0 N–H and O–H groups in total. The van der Waals surface area contributed by atoms with Gasteiger partial charge < -0.3 is 9.64 Å². The molecule has 1 amide bonds. The van der Waals surface area contributed by atoms with Crippen LogP contribution in [0.1, 0.15) is 0 Å². The zero-order valence-corrected chi connectivity index (χ0v) is 13.6. The number of amides is 1. The average molecular weight is 340 g/mol. The van der Waals surface area contributed by atoms with Crippen molar-refractivity contribution in [2.45, 2.75) is 11.3 Å². The highest BCUT2D eigenvalue weighted by Gasteiger charge is 2.49. The molecule has 2 aliphatic heterocycles. The highest BCUT2D eigenvalue weighted by molar-refractivity contribution is 8.16. The Morgan fingerprint density at radius 2 is 2.09 bits per heavy atom. The highest BCUT2D eigenvalue weighted by Crippen LogP contribution is 2.40. The summed E-state index contributed by atoms with van der Waals surface area (Å²) in [4.78, 5) is 17.7. The zero-order valence-electron chi connectivity index (χ0n) is 12.0. The maximum Gasteiger partial charge on any atom is 0.274 e. The van der Waals surface area contributed by atoms with E-state index in [-0.39, 0.29) is 35.3 Å². The van der Waals surface area contributed by atoms with Crippen LogP contribution >= 0.6 is 11.8 Å². The lowest BCUT2D eigenvalue weighted by Crippen LogP contribution is -2.37. The van der Waals surface area contributed by atoms with Crippen LogP contribution in [0.5, 0.6) is 0 Å². The molecule has 1 aromatic carbocycles. The van der Waals surface area contributed by atoms with Crippen LogP contribution < -0.4 is 4.90 Å². The van der Waals surface area contributed by atoms with E-state index < -0.39 is 9.84 Å². The molecule has 0 unspecified atom stereocenters. The van der Waals surface area contributed by atoms with Gasteiger partial charge in [0, 0.05) is 18.0 Å². The number of nitrogens with zero attached hydrogens (tertiary/aromatic N) is 2. The van der Waals surface area contributed by atoms with E-state index in [1.54, 1.807) is 0 Å². The van der Waals surface area contributed by atoms with E-state index in [1.165, 1.54) is 18.9 Å². The summed E-state index contributed by atoms with van der Waals surface area (Å²) in [7, 11) is -1.60. The first kappa shape index (κ1) is 15.5. The number of fused-ring (bicyclic) bond motifs is 1. The first-order chi connectivity index (χ1) is 10.5. The summed E-state index contributed by atoms with van der Waals surface area (Å²) in [6.07, 6.45) is 0. The standard InChI is InChI=1S/C14H16N2O4S2/c1-20-7-13(17)15-14-16(10-5-3-2-4-6-10)11-8-22(18,19)9-12(11)21-14/h2-6,11-12H,7-9H2,1H3/t11-,12+/m1/s1. The number of rotatable bonds is 3. The minimum absolute atomic E-state index is 0.0830. The van der Waals surface area contributed by atoms with Crippen molar-refractivity contribution in [3.05, 3.63) is 30.3 Å². The molecule has 2 saturated heterocycles. The molecule has 1 aromatic rings. The van der Waals surface area contributed by atoms with Crippen LogP contribution in [-0.2, 0) is 19.4 Å². The summed E-state index contributed by atoms with van der Waals surface area (Å²) < 4.78 is 28.6. The third kappa shape index (κ3) is 3.04. The van der Waals surface area contributed by atoms with Gasteiger partial charge in [-0.25, -0.2) is 8.42 Å². The minimum Gasteiger partial charge on any atom is -0.375 e. The van der Waals surface area contributed by atoms with E-state index in [1.807, 2.05) is 35.2 Å². The predicted octanol–water partition coefficient (Wildman–Crippen LogP) is 0.934. The molecule has 2 fully saturated rings. The number of para-hydroxylation sites is 1. The molecule has 0 spiro atoms. The predicted molar refractivity (Wildman–Crippen MR) is 87.1 cm³/mol. The number of amidine groups is 1. The normalized spacial score (nSPS) is 28.0. The van der Waals surface area contributed by atoms with Crippen molar-refractivity contribution in [1.29, 1.82) is 0 Å². The molecule has 0 saturated carbocycles. The van der Waals surface area contributed by atoms with Gasteiger partial charge in [-0.1, -0.05) is 30.0 Å². The maximum absolute atomic E-state index is 11.9. The molecule has 0 radical (unpaired) electrons. The Kier molecular flexibility index (Phi) is 4.24. The Balaban J connectivity index is 1.96. The fraction of sp³-hybridized carbons (Fsp3) is 0.429. The molecule has 22 heavy (non-hydrogen) atoms. The molecule has 0 aromatic heterocycles. The summed E-state index contributed by atoms with van der Waals surface area (Å²) in [5, 5.41) is 0.470. The Bertz CT molecular complexity index is 703. The van der Waals surface area contributed by atoms with E-state index in [4.69, 9.17) is 4.74 Å². The first-order valence-electron chi connectivity index (χ1n) is 6.82. The SMILES string of the molecule is COCC(=O)N=C1S[C@H]2CS(=O)(=O)C[C@H]2N1c1ccccc1. The molecule has 3 rings (SSSR count). The summed E-state index contributed by atoms with van der Waals surface area (Å²) in [5.41, 5.74) is 0.851. The molecule has 118 valence electrons. The Morgan fingerprint density at radius 1 is 1.36 bits per heavy atom. The van der Waals surface area contributed by atoms with E-state index in [0.717, 1.165) is 5.69 Å². The quantitative estimate of drug-likeness (QED) is 0.815. The van der Waals surface area contributed by atoms with Crippen molar-refractivity contribution in [2.75, 3.05) is 30.1 Å². The molecule has 6 nitrogen and oxygen atoms in total. The number of ether oxygens (including phenoxy) is 1. The topological polar surface area (TPSA) is 76.0 Å². The first-order valence-corrected chi connectivity index (χ1v) is 9.52. The van der Waals surface area contributed by atoms with E-state index in [9.17, 15) is 13.2 Å². The van der Waals surface area contributed by atoms with Crippen molar-refractivity contribution in [2.24, 2.45) is 4.99 Å². The van der Waals surface area contributed by atoms with Gasteiger partial charge in [0.15, 0.2) is 15.0 Å². The monoisotopic (exact) mass is 340 g/mol. The second-order valence-electron chi connectivity index (χ2n) is 5.23. The second kappa shape index (κ2) is 6.02. The van der Waals surface area contributed by atoms with Gasteiger partial charge in [-0.05, 0) is 12.1 Å². The van der Waals surface area contributed by atoms with E-state index >= 15 is 0 Å². The number of thioether (sulfide) groups is 1. The van der Waals surface area contributed by atoms with Crippen LogP contribution in [0.3, 0.4) is 0 Å². The van der Waals surface area contributed by atoms with Crippen LogP contribution in [0, 0.1) is 0 Å². The van der Waals surface area contributed by atoms with Crippen LogP contribution in [0.15, 0.2) is 35.3 Å². The van der Waals surface area contributed by atoms with Crippen molar-refractivity contribution < 1.29 is 17.9 Å². The third-order valence-electron chi connectivity index (χ3n) is 3.59. The number of methoxy groups -OCH3 is 1. The summed E-state index contributed by atoms with van der Waals surface area (Å²) in [6, 6.07) is 9.26. The zero-order chi connectivity index (χ0) is 15.7. The van der Waals surface area contributed by atoms with Gasteiger partial charge in [0.1, 0.15) is 6.61 Å². The lowest BCUT2D eigenvalue weighted by molar-refractivity contribution is -0.121. The molecule has 2 atom stereocenters. The lowest BCUT2D eigenvalue weighted by atomic mass is 10.2. The molecular weight excluding hydrogens is 324 g/mol. The van der Waals surface area contributed by atoms with Crippen molar-refractivity contribution in [3.63, 3.8) is 0 Å². The largest absolute Gasteiger partial charge is 0.375 e. The summed E-state index contributed by atoms with van der Waals surface area (Å²) >= 11 is 1.36. The number of benzene rings is 1. The van der Waals surface area contributed by atoms with Gasteiger partial charge in [0.2, 0.25) is 0 Å². The van der Waals surface area contributed by atoms with Crippen LogP contribution in [-0.4, -0.2) is 56.0 Å². The highest BCUT2D eigenvalue weighted by atomic mass is 32.2. The number of hydrogen-bond donors (Lipinski definition) is 0. The Hall–Kier alpha value is -1.38. The minimum atomic E-state index is -3.04. The van der Waals surface area contributed by atoms with Gasteiger partial charge >= 0.3 is 0 Å². The molecular formula is C14H16N2O4S2. The summed E-state index contributed by atoms with van der Waals surface area (Å²) in [6.45, 7) is -0.0830. The number of carbonyl (C=O) groups is 1. The number of sulfone groups is 1. The number of anilines is 1. The van der Waals surface area contributed by atoms with Gasteiger partial charge in [-0.15, -0.1) is 0 Å². The Labute approximate surface area is 133 Å².